The average molecular weight is 230 g/mol. The molecule has 0 saturated carbocycles. The minimum absolute atomic E-state index is 0.496. The summed E-state index contributed by atoms with van der Waals surface area (Å²) in [5, 5.41) is 0.700. The smallest absolute Gasteiger partial charge is 0.145 e. The number of methoxy groups -OCH3 is 2. The fourth-order valence-corrected chi connectivity index (χ4v) is 1.79. The van der Waals surface area contributed by atoms with E-state index in [1.807, 2.05) is 31.0 Å². The molecular weight excluding hydrogens is 214 g/mol. The third kappa shape index (κ3) is 2.76. The number of nitrogens with zero attached hydrogens (tertiary/aromatic N) is 1. The third-order valence-electron chi connectivity index (χ3n) is 2.16. The van der Waals surface area contributed by atoms with E-state index in [0.29, 0.717) is 11.8 Å². The van der Waals surface area contributed by atoms with Gasteiger partial charge >= 0.3 is 0 Å². The van der Waals surface area contributed by atoms with Crippen molar-refractivity contribution in [2.24, 2.45) is 0 Å². The van der Waals surface area contributed by atoms with E-state index in [1.54, 1.807) is 14.2 Å². The molecule has 0 heterocycles. The van der Waals surface area contributed by atoms with Crippen molar-refractivity contribution in [3.63, 3.8) is 0 Å². The van der Waals surface area contributed by atoms with Crippen LogP contribution in [0.15, 0.2) is 12.1 Å². The molecule has 4 heteroatoms. The van der Waals surface area contributed by atoms with Crippen molar-refractivity contribution >= 4 is 17.3 Å². The topological polar surface area (TPSA) is 21.7 Å². The van der Waals surface area contributed by atoms with Gasteiger partial charge in [0.25, 0.3) is 0 Å². The Morgan fingerprint density at radius 1 is 1.33 bits per heavy atom. The minimum Gasteiger partial charge on any atom is -0.494 e. The fraction of sp³-hybridized carbons (Fsp3) is 0.455. The van der Waals surface area contributed by atoms with Crippen LogP contribution in [0.25, 0.3) is 0 Å². The van der Waals surface area contributed by atoms with Gasteiger partial charge in [-0.3, -0.25) is 0 Å². The Kier molecular flexibility index (Phi) is 4.24. The molecule has 0 aromatic heterocycles. The second kappa shape index (κ2) is 5.24. The first kappa shape index (κ1) is 12.1. The maximum Gasteiger partial charge on any atom is 0.145 e. The van der Waals surface area contributed by atoms with E-state index < -0.39 is 0 Å². The van der Waals surface area contributed by atoms with Crippen LogP contribution in [0.3, 0.4) is 0 Å². The molecule has 0 N–H and O–H groups in total. The number of benzene rings is 1. The second-order valence-corrected chi connectivity index (χ2v) is 3.83. The summed E-state index contributed by atoms with van der Waals surface area (Å²) in [5.41, 5.74) is 1.95. The highest BCUT2D eigenvalue weighted by atomic mass is 35.5. The molecule has 0 spiro atoms. The van der Waals surface area contributed by atoms with Crippen molar-refractivity contribution in [3.05, 3.63) is 22.7 Å². The zero-order chi connectivity index (χ0) is 11.4. The zero-order valence-electron chi connectivity index (χ0n) is 9.50. The summed E-state index contributed by atoms with van der Waals surface area (Å²) in [6, 6.07) is 3.75. The number of hydrogen-bond donors (Lipinski definition) is 0. The molecule has 0 amide bonds. The molecule has 1 aromatic carbocycles. The first-order valence-corrected chi connectivity index (χ1v) is 5.02. The standard InChI is InChI=1S/C11H16ClNO2/c1-8-5-9(12)6-10(11(8)15-4)13(2)7-14-3/h5-6H,7H2,1-4H3. The predicted octanol–water partition coefficient (Wildman–Crippen LogP) is 2.70. The molecule has 84 valence electrons. The van der Waals surface area contributed by atoms with E-state index >= 15 is 0 Å². The highest BCUT2D eigenvalue weighted by molar-refractivity contribution is 6.31. The van der Waals surface area contributed by atoms with E-state index in [9.17, 15) is 0 Å². The van der Waals surface area contributed by atoms with Crippen LogP contribution in [0.5, 0.6) is 5.75 Å². The third-order valence-corrected chi connectivity index (χ3v) is 2.38. The SMILES string of the molecule is COCN(C)c1cc(Cl)cc(C)c1OC. The van der Waals surface area contributed by atoms with Crippen molar-refractivity contribution in [1.29, 1.82) is 0 Å². The fourth-order valence-electron chi connectivity index (χ4n) is 1.52. The Bertz CT molecular complexity index is 342. The highest BCUT2D eigenvalue weighted by Gasteiger charge is 2.11. The molecule has 0 aliphatic heterocycles. The lowest BCUT2D eigenvalue weighted by Crippen LogP contribution is -2.20. The Labute approximate surface area is 95.5 Å². The minimum atomic E-state index is 0.496. The molecule has 0 aliphatic rings. The van der Waals surface area contributed by atoms with Crippen molar-refractivity contribution in [2.75, 3.05) is 32.9 Å². The quantitative estimate of drug-likeness (QED) is 0.741. The molecule has 0 atom stereocenters. The van der Waals surface area contributed by atoms with Crippen LogP contribution in [0.2, 0.25) is 5.02 Å². The van der Waals surface area contributed by atoms with Crippen molar-refractivity contribution < 1.29 is 9.47 Å². The summed E-state index contributed by atoms with van der Waals surface area (Å²) < 4.78 is 10.4. The molecule has 15 heavy (non-hydrogen) atoms. The van der Waals surface area contributed by atoms with Crippen molar-refractivity contribution in [3.8, 4) is 5.75 Å². The molecule has 0 saturated heterocycles. The van der Waals surface area contributed by atoms with Gasteiger partial charge in [-0.25, -0.2) is 0 Å². The lowest BCUT2D eigenvalue weighted by Gasteiger charge is -2.22. The Balaban J connectivity index is 3.13. The Morgan fingerprint density at radius 3 is 2.53 bits per heavy atom. The van der Waals surface area contributed by atoms with Crippen LogP contribution < -0.4 is 9.64 Å². The molecule has 0 unspecified atom stereocenters. The van der Waals surface area contributed by atoms with E-state index in [-0.39, 0.29) is 0 Å². The highest BCUT2D eigenvalue weighted by Crippen LogP contribution is 2.34. The summed E-state index contributed by atoms with van der Waals surface area (Å²) in [6.45, 7) is 2.46. The van der Waals surface area contributed by atoms with Crippen molar-refractivity contribution in [2.45, 2.75) is 6.92 Å². The van der Waals surface area contributed by atoms with E-state index in [2.05, 4.69) is 0 Å². The normalized spacial score (nSPS) is 10.2. The van der Waals surface area contributed by atoms with Crippen LogP contribution in [-0.4, -0.2) is 28.0 Å². The first-order valence-electron chi connectivity index (χ1n) is 4.64. The van der Waals surface area contributed by atoms with E-state index in [1.165, 1.54) is 0 Å². The van der Waals surface area contributed by atoms with Crippen LogP contribution in [0, 0.1) is 6.92 Å². The summed E-state index contributed by atoms with van der Waals surface area (Å²) >= 11 is 6.00. The van der Waals surface area contributed by atoms with Crippen LogP contribution in [-0.2, 0) is 4.74 Å². The average Bonchev–Trinajstić information content (AvgIpc) is 2.17. The van der Waals surface area contributed by atoms with E-state index in [0.717, 1.165) is 17.0 Å². The summed E-state index contributed by atoms with van der Waals surface area (Å²) in [6.07, 6.45) is 0. The van der Waals surface area contributed by atoms with Gasteiger partial charge in [0.2, 0.25) is 0 Å². The van der Waals surface area contributed by atoms with Gasteiger partial charge in [0.05, 0.1) is 12.8 Å². The summed E-state index contributed by atoms with van der Waals surface area (Å²) in [5.74, 6) is 0.832. The second-order valence-electron chi connectivity index (χ2n) is 3.39. The van der Waals surface area contributed by atoms with Gasteiger partial charge in [-0.15, -0.1) is 0 Å². The molecule has 0 fully saturated rings. The molecule has 1 rings (SSSR count). The lowest BCUT2D eigenvalue weighted by molar-refractivity contribution is 0.201. The number of aryl methyl sites for hydroxylation is 1. The maximum atomic E-state index is 6.00. The predicted molar refractivity (Wildman–Crippen MR) is 63.0 cm³/mol. The van der Waals surface area contributed by atoms with Crippen LogP contribution in [0.1, 0.15) is 5.56 Å². The number of hydrogen-bond acceptors (Lipinski definition) is 3. The maximum absolute atomic E-state index is 6.00. The first-order chi connectivity index (χ1) is 7.10. The van der Waals surface area contributed by atoms with Gasteiger partial charge in [-0.1, -0.05) is 11.6 Å². The van der Waals surface area contributed by atoms with Gasteiger partial charge in [0.15, 0.2) is 0 Å². The number of anilines is 1. The van der Waals surface area contributed by atoms with Gasteiger partial charge in [-0.05, 0) is 24.6 Å². The monoisotopic (exact) mass is 229 g/mol. The summed E-state index contributed by atoms with van der Waals surface area (Å²) in [4.78, 5) is 1.94. The summed E-state index contributed by atoms with van der Waals surface area (Å²) in [7, 11) is 5.23. The van der Waals surface area contributed by atoms with Crippen LogP contribution in [0.4, 0.5) is 5.69 Å². The number of ether oxygens (including phenoxy) is 2. The number of rotatable bonds is 4. The Morgan fingerprint density at radius 2 is 2.00 bits per heavy atom. The zero-order valence-corrected chi connectivity index (χ0v) is 10.3. The molecule has 1 aromatic rings. The molecule has 0 radical (unpaired) electrons. The largest absolute Gasteiger partial charge is 0.494 e. The molecule has 0 aliphatic carbocycles. The van der Waals surface area contributed by atoms with Gasteiger partial charge < -0.3 is 14.4 Å². The molecule has 0 bridgehead atoms. The Hall–Kier alpha value is -0.930. The van der Waals surface area contributed by atoms with Gasteiger partial charge in [0.1, 0.15) is 12.5 Å². The van der Waals surface area contributed by atoms with Gasteiger partial charge in [0, 0.05) is 19.2 Å². The van der Waals surface area contributed by atoms with Crippen molar-refractivity contribution in [1.82, 2.24) is 0 Å². The van der Waals surface area contributed by atoms with Crippen LogP contribution >= 0.6 is 11.6 Å². The van der Waals surface area contributed by atoms with E-state index in [4.69, 9.17) is 21.1 Å². The molecular formula is C11H16ClNO2. The van der Waals surface area contributed by atoms with Gasteiger partial charge in [-0.2, -0.15) is 0 Å². The molecule has 3 nitrogen and oxygen atoms in total. The lowest BCUT2D eigenvalue weighted by atomic mass is 10.2. The number of halogens is 1.